The van der Waals surface area contributed by atoms with E-state index in [9.17, 15) is 18.5 Å². The lowest BCUT2D eigenvalue weighted by Gasteiger charge is -2.06. The van der Waals surface area contributed by atoms with E-state index in [0.717, 1.165) is 12.1 Å². The summed E-state index contributed by atoms with van der Waals surface area (Å²) in [7, 11) is -2.11. The number of rotatable bonds is 4. The molecule has 0 radical (unpaired) electrons. The Morgan fingerprint density at radius 3 is 2.35 bits per heavy atom. The average Bonchev–Trinajstić information content (AvgIpc) is 2.67. The van der Waals surface area contributed by atoms with Crippen LogP contribution in [0.3, 0.4) is 0 Å². The lowest BCUT2D eigenvalue weighted by molar-refractivity contribution is -0.384. The highest BCUT2D eigenvalue weighted by Crippen LogP contribution is 2.20. The van der Waals surface area contributed by atoms with E-state index in [1.54, 1.807) is 14.0 Å². The summed E-state index contributed by atoms with van der Waals surface area (Å²) in [5.41, 5.74) is 0.741. The molecule has 0 aliphatic carbocycles. The van der Waals surface area contributed by atoms with Gasteiger partial charge in [-0.2, -0.15) is 5.10 Å². The minimum absolute atomic E-state index is 0.0497. The molecule has 1 N–H and O–H groups in total. The molecule has 1 heterocycles. The van der Waals surface area contributed by atoms with Crippen molar-refractivity contribution in [2.45, 2.75) is 11.8 Å². The first-order valence-electron chi connectivity index (χ1n) is 5.57. The van der Waals surface area contributed by atoms with E-state index in [-0.39, 0.29) is 10.6 Å². The van der Waals surface area contributed by atoms with Gasteiger partial charge in [0.05, 0.1) is 21.2 Å². The van der Waals surface area contributed by atoms with Gasteiger partial charge in [-0.25, -0.2) is 8.42 Å². The maximum absolute atomic E-state index is 12.1. The maximum Gasteiger partial charge on any atom is 0.269 e. The zero-order chi connectivity index (χ0) is 14.9. The Labute approximate surface area is 115 Å². The minimum Gasteiger partial charge on any atom is -0.276 e. The molecular formula is C11H12N4O4S. The van der Waals surface area contributed by atoms with Gasteiger partial charge in [-0.3, -0.25) is 19.5 Å². The van der Waals surface area contributed by atoms with Gasteiger partial charge >= 0.3 is 0 Å². The van der Waals surface area contributed by atoms with Crippen LogP contribution in [0.4, 0.5) is 11.4 Å². The van der Waals surface area contributed by atoms with Crippen molar-refractivity contribution in [1.82, 2.24) is 9.78 Å². The van der Waals surface area contributed by atoms with Crippen LogP contribution in [-0.2, 0) is 17.1 Å². The fourth-order valence-corrected chi connectivity index (χ4v) is 2.75. The van der Waals surface area contributed by atoms with Gasteiger partial charge in [0.2, 0.25) is 0 Å². The van der Waals surface area contributed by atoms with Crippen LogP contribution in [0.2, 0.25) is 0 Å². The molecule has 0 amide bonds. The molecule has 2 rings (SSSR count). The van der Waals surface area contributed by atoms with Gasteiger partial charge in [-0.1, -0.05) is 0 Å². The first-order chi connectivity index (χ1) is 9.29. The quantitative estimate of drug-likeness (QED) is 0.678. The highest BCUT2D eigenvalue weighted by molar-refractivity contribution is 7.92. The number of nitrogens with one attached hydrogen (secondary N) is 1. The van der Waals surface area contributed by atoms with E-state index < -0.39 is 14.9 Å². The molecule has 0 spiro atoms. The zero-order valence-corrected chi connectivity index (χ0v) is 11.6. The summed E-state index contributed by atoms with van der Waals surface area (Å²) in [6, 6.07) is 4.66. The Morgan fingerprint density at radius 2 is 1.90 bits per heavy atom. The summed E-state index contributed by atoms with van der Waals surface area (Å²) in [5.74, 6) is 0. The Kier molecular flexibility index (Phi) is 3.45. The van der Waals surface area contributed by atoms with Crippen molar-refractivity contribution in [1.29, 1.82) is 0 Å². The largest absolute Gasteiger partial charge is 0.276 e. The van der Waals surface area contributed by atoms with Gasteiger partial charge in [0.1, 0.15) is 0 Å². The summed E-state index contributed by atoms with van der Waals surface area (Å²) in [4.78, 5) is 9.89. The molecule has 0 aliphatic heterocycles. The van der Waals surface area contributed by atoms with Crippen LogP contribution in [0.25, 0.3) is 0 Å². The van der Waals surface area contributed by atoms with Gasteiger partial charge in [0.15, 0.2) is 0 Å². The third-order valence-electron chi connectivity index (χ3n) is 2.62. The Hall–Kier alpha value is -2.42. The number of aromatic nitrogens is 2. The van der Waals surface area contributed by atoms with Crippen LogP contribution < -0.4 is 4.72 Å². The summed E-state index contributed by atoms with van der Waals surface area (Å²) >= 11 is 0. The Balaban J connectivity index is 2.30. The first kappa shape index (κ1) is 14.0. The summed E-state index contributed by atoms with van der Waals surface area (Å²) in [6.07, 6.45) is 1.54. The second-order valence-electron chi connectivity index (χ2n) is 4.16. The molecule has 106 valence electrons. The third kappa shape index (κ3) is 2.77. The molecular weight excluding hydrogens is 284 g/mol. The molecule has 0 fully saturated rings. The van der Waals surface area contributed by atoms with E-state index >= 15 is 0 Å². The van der Waals surface area contributed by atoms with Gasteiger partial charge in [-0.15, -0.1) is 0 Å². The van der Waals surface area contributed by atoms with E-state index in [4.69, 9.17) is 0 Å². The van der Waals surface area contributed by atoms with Crippen molar-refractivity contribution in [2.75, 3.05) is 4.72 Å². The van der Waals surface area contributed by atoms with Crippen molar-refractivity contribution in [3.05, 3.63) is 46.3 Å². The molecule has 1 aromatic carbocycles. The number of nitro groups is 1. The predicted octanol–water partition coefficient (Wildman–Crippen LogP) is 1.44. The van der Waals surface area contributed by atoms with Crippen LogP contribution in [0.1, 0.15) is 5.69 Å². The van der Waals surface area contributed by atoms with Crippen LogP contribution in [-0.4, -0.2) is 23.1 Å². The summed E-state index contributed by atoms with van der Waals surface area (Å²) in [5, 5.41) is 14.6. The predicted molar refractivity (Wildman–Crippen MR) is 71.8 cm³/mol. The molecule has 20 heavy (non-hydrogen) atoms. The van der Waals surface area contributed by atoms with E-state index in [1.165, 1.54) is 23.0 Å². The maximum atomic E-state index is 12.1. The van der Waals surface area contributed by atoms with Crippen molar-refractivity contribution in [3.8, 4) is 0 Å². The number of non-ortho nitro benzene ring substituents is 1. The standard InChI is InChI=1S/C11H12N4O4S/c1-8-11(7-14(2)12-8)13-20(18,19)10-5-3-9(4-6-10)15(16)17/h3-7,13H,1-2H3. The monoisotopic (exact) mass is 296 g/mol. The Bertz CT molecular complexity index is 749. The molecule has 1 aromatic heterocycles. The number of hydrogen-bond donors (Lipinski definition) is 1. The molecule has 0 atom stereocenters. The number of anilines is 1. The summed E-state index contributed by atoms with van der Waals surface area (Å²) in [6.45, 7) is 1.67. The molecule has 9 heteroatoms. The molecule has 0 bridgehead atoms. The summed E-state index contributed by atoms with van der Waals surface area (Å²) < 4.78 is 28.1. The lowest BCUT2D eigenvalue weighted by Crippen LogP contribution is -2.13. The number of hydrogen-bond acceptors (Lipinski definition) is 5. The third-order valence-corrected chi connectivity index (χ3v) is 4.00. The van der Waals surface area contributed by atoms with Gasteiger partial charge in [-0.05, 0) is 19.1 Å². The van der Waals surface area contributed by atoms with Gasteiger partial charge in [0.25, 0.3) is 15.7 Å². The molecule has 0 saturated carbocycles. The van der Waals surface area contributed by atoms with Crippen LogP contribution in [0.5, 0.6) is 0 Å². The highest BCUT2D eigenvalue weighted by Gasteiger charge is 2.17. The van der Waals surface area contributed by atoms with Crippen molar-refractivity contribution in [3.63, 3.8) is 0 Å². The van der Waals surface area contributed by atoms with Crippen molar-refractivity contribution < 1.29 is 13.3 Å². The van der Waals surface area contributed by atoms with Crippen LogP contribution in [0.15, 0.2) is 35.4 Å². The van der Waals surface area contributed by atoms with Crippen LogP contribution >= 0.6 is 0 Å². The smallest absolute Gasteiger partial charge is 0.269 e. The zero-order valence-electron chi connectivity index (χ0n) is 10.8. The Morgan fingerprint density at radius 1 is 1.30 bits per heavy atom. The minimum atomic E-state index is -3.79. The molecule has 0 saturated heterocycles. The number of aryl methyl sites for hydroxylation is 2. The second kappa shape index (κ2) is 4.93. The van der Waals surface area contributed by atoms with Gasteiger partial charge in [0, 0.05) is 25.4 Å². The molecule has 0 aliphatic rings. The highest BCUT2D eigenvalue weighted by atomic mass is 32.2. The van der Waals surface area contributed by atoms with E-state index in [2.05, 4.69) is 9.82 Å². The number of sulfonamides is 1. The van der Waals surface area contributed by atoms with Crippen molar-refractivity contribution in [2.24, 2.45) is 7.05 Å². The van der Waals surface area contributed by atoms with Crippen molar-refractivity contribution >= 4 is 21.4 Å². The second-order valence-corrected chi connectivity index (χ2v) is 5.84. The fraction of sp³-hybridized carbons (Fsp3) is 0.182. The molecule has 2 aromatic rings. The average molecular weight is 296 g/mol. The molecule has 8 nitrogen and oxygen atoms in total. The number of nitrogens with zero attached hydrogens (tertiary/aromatic N) is 3. The van der Waals surface area contributed by atoms with E-state index in [0.29, 0.717) is 11.4 Å². The van der Waals surface area contributed by atoms with Crippen LogP contribution in [0, 0.1) is 17.0 Å². The van der Waals surface area contributed by atoms with Gasteiger partial charge < -0.3 is 0 Å². The number of nitro benzene ring substituents is 1. The first-order valence-corrected chi connectivity index (χ1v) is 7.05. The molecule has 0 unspecified atom stereocenters. The normalized spacial score (nSPS) is 11.3. The topological polar surface area (TPSA) is 107 Å². The fourth-order valence-electron chi connectivity index (χ4n) is 1.65. The van der Waals surface area contributed by atoms with E-state index in [1.807, 2.05) is 0 Å². The lowest BCUT2D eigenvalue weighted by atomic mass is 10.3. The SMILES string of the molecule is Cc1nn(C)cc1NS(=O)(=O)c1ccc([N+](=O)[O-])cc1. The number of benzene rings is 1.